The van der Waals surface area contributed by atoms with Crippen LogP contribution in [-0.2, 0) is 0 Å². The third-order valence-corrected chi connectivity index (χ3v) is 4.34. The van der Waals surface area contributed by atoms with Gasteiger partial charge in [0.2, 0.25) is 0 Å². The highest BCUT2D eigenvalue weighted by atomic mass is 15.0. The van der Waals surface area contributed by atoms with E-state index in [2.05, 4.69) is 85.2 Å². The minimum absolute atomic E-state index is 0.352. The average Bonchev–Trinajstić information content (AvgIpc) is 2.55. The van der Waals surface area contributed by atoms with E-state index in [4.69, 9.17) is 0 Å². The van der Waals surface area contributed by atoms with E-state index in [0.29, 0.717) is 12.1 Å². The van der Waals surface area contributed by atoms with Crippen molar-refractivity contribution in [1.82, 2.24) is 0 Å². The van der Waals surface area contributed by atoms with E-state index < -0.39 is 0 Å². The van der Waals surface area contributed by atoms with Gasteiger partial charge in [-0.25, -0.2) is 0 Å². The Balaban J connectivity index is 1.98. The molecule has 2 aromatic carbocycles. The molecule has 0 bridgehead atoms. The zero-order chi connectivity index (χ0) is 15.1. The fourth-order valence-corrected chi connectivity index (χ4v) is 3.23. The topological polar surface area (TPSA) is 24.1 Å². The summed E-state index contributed by atoms with van der Waals surface area (Å²) in [5, 5.41) is 7.24. The first-order valence-corrected chi connectivity index (χ1v) is 7.88. The normalized spacial score (nSPS) is 21.5. The molecule has 2 heterocycles. The van der Waals surface area contributed by atoms with Crippen LogP contribution in [0.4, 0.5) is 11.4 Å². The molecule has 2 unspecified atom stereocenters. The van der Waals surface area contributed by atoms with Crippen LogP contribution in [0.1, 0.15) is 25.0 Å². The van der Waals surface area contributed by atoms with Crippen molar-refractivity contribution in [3.05, 3.63) is 59.7 Å². The summed E-state index contributed by atoms with van der Waals surface area (Å²) in [5.41, 5.74) is 7.52. The van der Waals surface area contributed by atoms with Crippen molar-refractivity contribution >= 4 is 23.5 Å². The Kier molecular flexibility index (Phi) is 3.04. The highest BCUT2D eigenvalue weighted by Crippen LogP contribution is 2.43. The van der Waals surface area contributed by atoms with Crippen LogP contribution in [0, 0.1) is 0 Å². The quantitative estimate of drug-likeness (QED) is 0.771. The Morgan fingerprint density at radius 3 is 2.27 bits per heavy atom. The summed E-state index contributed by atoms with van der Waals surface area (Å²) in [7, 11) is 0. The summed E-state index contributed by atoms with van der Waals surface area (Å²) >= 11 is 0. The molecule has 0 aromatic heterocycles. The molecule has 0 saturated carbocycles. The average molecular weight is 288 g/mol. The summed E-state index contributed by atoms with van der Waals surface area (Å²) < 4.78 is 0. The highest BCUT2D eigenvalue weighted by molar-refractivity contribution is 5.96. The SMILES string of the molecule is CC1C=Cc2cc(-c3ccccc3)c3c(c2N1)NC(C)C=C3. The van der Waals surface area contributed by atoms with E-state index in [1.807, 2.05) is 0 Å². The van der Waals surface area contributed by atoms with Crippen LogP contribution in [-0.4, -0.2) is 12.1 Å². The summed E-state index contributed by atoms with van der Waals surface area (Å²) in [5.74, 6) is 0. The predicted molar refractivity (Wildman–Crippen MR) is 96.1 cm³/mol. The summed E-state index contributed by atoms with van der Waals surface area (Å²) in [4.78, 5) is 0. The lowest BCUT2D eigenvalue weighted by Gasteiger charge is -2.29. The Hall–Kier alpha value is -2.48. The molecule has 2 aromatic rings. The van der Waals surface area contributed by atoms with E-state index in [9.17, 15) is 0 Å². The van der Waals surface area contributed by atoms with E-state index >= 15 is 0 Å². The van der Waals surface area contributed by atoms with Gasteiger partial charge in [0.1, 0.15) is 0 Å². The van der Waals surface area contributed by atoms with Crippen molar-refractivity contribution in [1.29, 1.82) is 0 Å². The van der Waals surface area contributed by atoms with E-state index in [0.717, 1.165) is 0 Å². The van der Waals surface area contributed by atoms with E-state index in [1.54, 1.807) is 0 Å². The smallest absolute Gasteiger partial charge is 0.0666 e. The van der Waals surface area contributed by atoms with Crippen LogP contribution in [0.3, 0.4) is 0 Å². The Morgan fingerprint density at radius 1 is 0.818 bits per heavy atom. The van der Waals surface area contributed by atoms with Gasteiger partial charge in [-0.3, -0.25) is 0 Å². The molecule has 0 aliphatic carbocycles. The fourth-order valence-electron chi connectivity index (χ4n) is 3.23. The molecule has 22 heavy (non-hydrogen) atoms. The van der Waals surface area contributed by atoms with Crippen LogP contribution in [0.2, 0.25) is 0 Å². The molecule has 2 heteroatoms. The van der Waals surface area contributed by atoms with Gasteiger partial charge in [-0.05, 0) is 31.0 Å². The molecule has 0 saturated heterocycles. The maximum Gasteiger partial charge on any atom is 0.0666 e. The molecule has 4 rings (SSSR count). The number of nitrogens with one attached hydrogen (secondary N) is 2. The van der Waals surface area contributed by atoms with Crippen LogP contribution in [0.15, 0.2) is 48.6 Å². The molecule has 0 fully saturated rings. The lowest BCUT2D eigenvalue weighted by molar-refractivity contribution is 0.968. The maximum absolute atomic E-state index is 3.64. The zero-order valence-electron chi connectivity index (χ0n) is 12.9. The molecule has 0 amide bonds. The van der Waals surface area contributed by atoms with Gasteiger partial charge >= 0.3 is 0 Å². The molecule has 2 N–H and O–H groups in total. The second kappa shape index (κ2) is 5.06. The van der Waals surface area contributed by atoms with Crippen LogP contribution >= 0.6 is 0 Å². The monoisotopic (exact) mass is 288 g/mol. The lowest BCUT2D eigenvalue weighted by Crippen LogP contribution is -2.22. The van der Waals surface area contributed by atoms with Gasteiger partial charge in [0.25, 0.3) is 0 Å². The minimum atomic E-state index is 0.352. The van der Waals surface area contributed by atoms with Crippen molar-refractivity contribution < 1.29 is 0 Å². The second-order valence-electron chi connectivity index (χ2n) is 6.13. The maximum atomic E-state index is 3.64. The van der Waals surface area contributed by atoms with Gasteiger partial charge in [0, 0.05) is 23.2 Å². The Bertz CT molecular complexity index is 772. The van der Waals surface area contributed by atoms with Gasteiger partial charge < -0.3 is 10.6 Å². The highest BCUT2D eigenvalue weighted by Gasteiger charge is 2.22. The first-order valence-electron chi connectivity index (χ1n) is 7.88. The predicted octanol–water partition coefficient (Wildman–Crippen LogP) is 5.01. The summed E-state index contributed by atoms with van der Waals surface area (Å²) in [6.45, 7) is 4.36. The van der Waals surface area contributed by atoms with Crippen molar-refractivity contribution in [3.63, 3.8) is 0 Å². The molecular formula is C20H20N2. The molecule has 2 aliphatic rings. The first-order chi connectivity index (χ1) is 10.7. The number of anilines is 2. The van der Waals surface area contributed by atoms with Crippen molar-refractivity contribution in [2.75, 3.05) is 10.6 Å². The van der Waals surface area contributed by atoms with Crippen molar-refractivity contribution in [2.45, 2.75) is 25.9 Å². The van der Waals surface area contributed by atoms with E-state index in [-0.39, 0.29) is 0 Å². The minimum Gasteiger partial charge on any atom is -0.377 e. The van der Waals surface area contributed by atoms with Gasteiger partial charge in [0.05, 0.1) is 11.4 Å². The molecule has 0 radical (unpaired) electrons. The van der Waals surface area contributed by atoms with E-state index in [1.165, 1.54) is 33.6 Å². The van der Waals surface area contributed by atoms with Crippen LogP contribution in [0.5, 0.6) is 0 Å². The molecule has 2 nitrogen and oxygen atoms in total. The molecule has 2 atom stereocenters. The van der Waals surface area contributed by atoms with Crippen molar-refractivity contribution in [3.8, 4) is 11.1 Å². The molecular weight excluding hydrogens is 268 g/mol. The fraction of sp³-hybridized carbons (Fsp3) is 0.200. The number of rotatable bonds is 1. The first kappa shape index (κ1) is 13.2. The van der Waals surface area contributed by atoms with Crippen molar-refractivity contribution in [2.24, 2.45) is 0 Å². The van der Waals surface area contributed by atoms with Gasteiger partial charge in [-0.15, -0.1) is 0 Å². The summed E-state index contributed by atoms with van der Waals surface area (Å²) in [6.07, 6.45) is 8.92. The largest absolute Gasteiger partial charge is 0.377 e. The number of benzene rings is 2. The third-order valence-electron chi connectivity index (χ3n) is 4.34. The van der Waals surface area contributed by atoms with Gasteiger partial charge in [0.15, 0.2) is 0 Å². The zero-order valence-corrected chi connectivity index (χ0v) is 12.9. The Labute approximate surface area is 131 Å². The van der Waals surface area contributed by atoms with Gasteiger partial charge in [-0.2, -0.15) is 0 Å². The standard InChI is InChI=1S/C20H20N2/c1-13-8-10-16-12-18(15-6-4-3-5-7-15)17-11-9-14(2)22-20(17)19(16)21-13/h3-14,21-22H,1-2H3. The van der Waals surface area contributed by atoms with Crippen LogP contribution < -0.4 is 10.6 Å². The number of hydrogen-bond donors (Lipinski definition) is 2. The number of hydrogen-bond acceptors (Lipinski definition) is 2. The van der Waals surface area contributed by atoms with Crippen LogP contribution in [0.25, 0.3) is 23.3 Å². The second-order valence-corrected chi connectivity index (χ2v) is 6.13. The molecule has 110 valence electrons. The summed E-state index contributed by atoms with van der Waals surface area (Å²) in [6, 6.07) is 13.6. The molecule has 2 aliphatic heterocycles. The lowest BCUT2D eigenvalue weighted by atomic mass is 9.90. The third kappa shape index (κ3) is 2.12. The molecule has 0 spiro atoms. The van der Waals surface area contributed by atoms with Gasteiger partial charge in [-0.1, -0.05) is 54.6 Å². The number of fused-ring (bicyclic) bond motifs is 3. The Morgan fingerprint density at radius 2 is 1.50 bits per heavy atom.